The minimum Gasteiger partial charge on any atom is -0.294 e. The van der Waals surface area contributed by atoms with Crippen LogP contribution in [0.15, 0.2) is 29.5 Å². The smallest absolute Gasteiger partial charge is 0.169 e. The number of hydrogen-bond acceptors (Lipinski definition) is 4. The third kappa shape index (κ3) is 4.87. The standard InChI is InChI=1S/C8H10OS.C8H8OS/c2*1-3-7-4-8(6(2)9)10-5-7/h4-5H,3H2,1-2H3;3-5H,1H2,2H3. The monoisotopic (exact) mass is 306 g/mol. The van der Waals surface area contributed by atoms with Gasteiger partial charge in [0.05, 0.1) is 9.75 Å². The molecule has 106 valence electrons. The van der Waals surface area contributed by atoms with Crippen LogP contribution in [0.1, 0.15) is 51.2 Å². The topological polar surface area (TPSA) is 34.1 Å². The van der Waals surface area contributed by atoms with E-state index in [1.165, 1.54) is 28.2 Å². The van der Waals surface area contributed by atoms with Crippen molar-refractivity contribution in [1.82, 2.24) is 0 Å². The molecule has 2 heterocycles. The Kier molecular flexibility index (Phi) is 6.55. The number of carbonyl (C=O) groups is 2. The molecule has 0 saturated heterocycles. The van der Waals surface area contributed by atoms with Gasteiger partial charge in [-0.05, 0) is 54.3 Å². The zero-order valence-electron chi connectivity index (χ0n) is 11.9. The summed E-state index contributed by atoms with van der Waals surface area (Å²) in [5.74, 6) is 0.294. The van der Waals surface area contributed by atoms with Gasteiger partial charge in [-0.1, -0.05) is 19.6 Å². The highest BCUT2D eigenvalue weighted by molar-refractivity contribution is 7.12. The highest BCUT2D eigenvalue weighted by Crippen LogP contribution is 2.16. The number of ketones is 2. The van der Waals surface area contributed by atoms with Crippen LogP contribution in [0.2, 0.25) is 0 Å². The first-order valence-electron chi connectivity index (χ1n) is 6.28. The summed E-state index contributed by atoms with van der Waals surface area (Å²) in [5, 5.41) is 3.96. The quantitative estimate of drug-likeness (QED) is 0.736. The van der Waals surface area contributed by atoms with Crippen molar-refractivity contribution in [1.29, 1.82) is 0 Å². The van der Waals surface area contributed by atoms with Crippen LogP contribution in [0, 0.1) is 0 Å². The summed E-state index contributed by atoms with van der Waals surface area (Å²) in [4.78, 5) is 23.2. The summed E-state index contributed by atoms with van der Waals surface area (Å²) in [6, 6.07) is 3.81. The Balaban J connectivity index is 0.000000200. The predicted molar refractivity (Wildman–Crippen MR) is 88.1 cm³/mol. The summed E-state index contributed by atoms with van der Waals surface area (Å²) < 4.78 is 0. The van der Waals surface area contributed by atoms with E-state index in [-0.39, 0.29) is 11.6 Å². The first-order valence-corrected chi connectivity index (χ1v) is 8.04. The largest absolute Gasteiger partial charge is 0.294 e. The van der Waals surface area contributed by atoms with Crippen molar-refractivity contribution >= 4 is 40.3 Å². The highest BCUT2D eigenvalue weighted by atomic mass is 32.1. The second kappa shape index (κ2) is 7.92. The summed E-state index contributed by atoms with van der Waals surface area (Å²) in [6.07, 6.45) is 2.76. The van der Waals surface area contributed by atoms with Gasteiger partial charge in [0.25, 0.3) is 0 Å². The van der Waals surface area contributed by atoms with Crippen molar-refractivity contribution in [3.05, 3.63) is 50.4 Å². The van der Waals surface area contributed by atoms with E-state index < -0.39 is 0 Å². The first-order chi connectivity index (χ1) is 9.47. The predicted octanol–water partition coefficient (Wildman–Crippen LogP) is 5.11. The molecular weight excluding hydrogens is 288 g/mol. The minimum atomic E-state index is 0.123. The van der Waals surface area contributed by atoms with Gasteiger partial charge in [-0.15, -0.1) is 22.7 Å². The van der Waals surface area contributed by atoms with E-state index in [9.17, 15) is 9.59 Å². The Morgan fingerprint density at radius 3 is 1.95 bits per heavy atom. The van der Waals surface area contributed by atoms with Crippen LogP contribution in [0.3, 0.4) is 0 Å². The van der Waals surface area contributed by atoms with E-state index in [4.69, 9.17) is 0 Å². The fourth-order valence-electron chi connectivity index (χ4n) is 1.39. The van der Waals surface area contributed by atoms with Crippen LogP contribution in [-0.2, 0) is 6.42 Å². The molecule has 0 amide bonds. The van der Waals surface area contributed by atoms with Crippen molar-refractivity contribution in [2.75, 3.05) is 0 Å². The Morgan fingerprint density at radius 2 is 1.65 bits per heavy atom. The Labute approximate surface area is 127 Å². The molecule has 0 unspecified atom stereocenters. The molecule has 0 radical (unpaired) electrons. The molecule has 4 heteroatoms. The number of rotatable bonds is 4. The van der Waals surface area contributed by atoms with Crippen LogP contribution in [-0.4, -0.2) is 11.6 Å². The van der Waals surface area contributed by atoms with Gasteiger partial charge in [-0.3, -0.25) is 9.59 Å². The maximum atomic E-state index is 10.8. The van der Waals surface area contributed by atoms with Crippen molar-refractivity contribution < 1.29 is 9.59 Å². The normalized spacial score (nSPS) is 9.55. The SMILES string of the molecule is C=Cc1csc(C(C)=O)c1.CCc1csc(C(C)=O)c1. The number of Topliss-reactive ketones (excluding diaryl/α,β-unsaturated/α-hetero) is 2. The molecule has 0 aliphatic heterocycles. The van der Waals surface area contributed by atoms with Crippen LogP contribution in [0.25, 0.3) is 6.08 Å². The average molecular weight is 306 g/mol. The number of aryl methyl sites for hydroxylation is 1. The number of hydrogen-bond donors (Lipinski definition) is 0. The van der Waals surface area contributed by atoms with Gasteiger partial charge in [0.2, 0.25) is 0 Å². The second-order valence-corrected chi connectivity index (χ2v) is 6.06. The summed E-state index contributed by atoms with van der Waals surface area (Å²) >= 11 is 2.99. The molecule has 20 heavy (non-hydrogen) atoms. The highest BCUT2D eigenvalue weighted by Gasteiger charge is 2.01. The fraction of sp³-hybridized carbons (Fsp3) is 0.250. The lowest BCUT2D eigenvalue weighted by atomic mass is 10.2. The van der Waals surface area contributed by atoms with Gasteiger partial charge in [-0.25, -0.2) is 0 Å². The summed E-state index contributed by atoms with van der Waals surface area (Å²) in [7, 11) is 0. The lowest BCUT2D eigenvalue weighted by Crippen LogP contribution is -1.84. The van der Waals surface area contributed by atoms with Gasteiger partial charge in [0, 0.05) is 0 Å². The third-order valence-corrected chi connectivity index (χ3v) is 4.74. The molecule has 2 rings (SSSR count). The Bertz CT molecular complexity index is 606. The Morgan fingerprint density at radius 1 is 1.10 bits per heavy atom. The zero-order chi connectivity index (χ0) is 15.1. The van der Waals surface area contributed by atoms with E-state index in [1.807, 2.05) is 22.9 Å². The van der Waals surface area contributed by atoms with Crippen molar-refractivity contribution in [3.8, 4) is 0 Å². The molecule has 0 spiro atoms. The van der Waals surface area contributed by atoms with Crippen molar-refractivity contribution in [2.45, 2.75) is 27.2 Å². The maximum Gasteiger partial charge on any atom is 0.169 e. The van der Waals surface area contributed by atoms with Gasteiger partial charge < -0.3 is 0 Å². The van der Waals surface area contributed by atoms with Crippen LogP contribution in [0.5, 0.6) is 0 Å². The molecule has 0 aliphatic rings. The third-order valence-electron chi connectivity index (χ3n) is 2.61. The molecular formula is C16H18O2S2. The molecule has 2 aromatic rings. The molecule has 0 fully saturated rings. The van der Waals surface area contributed by atoms with Crippen molar-refractivity contribution in [3.63, 3.8) is 0 Å². The van der Waals surface area contributed by atoms with E-state index in [1.54, 1.807) is 19.9 Å². The second-order valence-electron chi connectivity index (χ2n) is 4.23. The molecule has 0 saturated carbocycles. The summed E-state index contributed by atoms with van der Waals surface area (Å²) in [6.45, 7) is 8.86. The molecule has 2 aromatic heterocycles. The van der Waals surface area contributed by atoms with E-state index in [0.29, 0.717) is 0 Å². The molecule has 0 N–H and O–H groups in total. The van der Waals surface area contributed by atoms with Crippen LogP contribution in [0.4, 0.5) is 0 Å². The molecule has 0 atom stereocenters. The van der Waals surface area contributed by atoms with Gasteiger partial charge in [-0.2, -0.15) is 0 Å². The van der Waals surface area contributed by atoms with Crippen LogP contribution >= 0.6 is 22.7 Å². The minimum absolute atomic E-state index is 0.123. The lowest BCUT2D eigenvalue weighted by Gasteiger charge is -1.83. The molecule has 0 aliphatic carbocycles. The van der Waals surface area contributed by atoms with E-state index >= 15 is 0 Å². The molecule has 0 aromatic carbocycles. The fourth-order valence-corrected chi connectivity index (χ4v) is 3.08. The van der Waals surface area contributed by atoms with Gasteiger partial charge in [0.1, 0.15) is 0 Å². The van der Waals surface area contributed by atoms with E-state index in [0.717, 1.165) is 21.7 Å². The zero-order valence-corrected chi connectivity index (χ0v) is 13.6. The number of thiophene rings is 2. The van der Waals surface area contributed by atoms with Gasteiger partial charge in [0.15, 0.2) is 11.6 Å². The maximum absolute atomic E-state index is 10.8. The molecule has 0 bridgehead atoms. The van der Waals surface area contributed by atoms with Gasteiger partial charge >= 0.3 is 0 Å². The lowest BCUT2D eigenvalue weighted by molar-refractivity contribution is 0.101. The van der Waals surface area contributed by atoms with Crippen LogP contribution < -0.4 is 0 Å². The first kappa shape index (κ1) is 16.5. The number of carbonyl (C=O) groups excluding carboxylic acids is 2. The average Bonchev–Trinajstić information content (AvgIpc) is 3.08. The molecule has 2 nitrogen and oxygen atoms in total. The van der Waals surface area contributed by atoms with E-state index in [2.05, 4.69) is 13.5 Å². The van der Waals surface area contributed by atoms with Crippen molar-refractivity contribution in [2.24, 2.45) is 0 Å². The Hall–Kier alpha value is -1.52. The summed E-state index contributed by atoms with van der Waals surface area (Å²) in [5.41, 5.74) is 2.28.